The zero-order chi connectivity index (χ0) is 23.6. The van der Waals surface area contributed by atoms with Crippen molar-refractivity contribution in [1.29, 1.82) is 0 Å². The number of hydrogen-bond donors (Lipinski definition) is 2. The highest BCUT2D eigenvalue weighted by Crippen LogP contribution is 2.47. The zero-order valence-electron chi connectivity index (χ0n) is 17.1. The summed E-state index contributed by atoms with van der Waals surface area (Å²) in [6, 6.07) is 20.2. The largest absolute Gasteiger partial charge is 0.434 e. The Morgan fingerprint density at radius 1 is 1.03 bits per heavy atom. The minimum atomic E-state index is -5.01. The van der Waals surface area contributed by atoms with Crippen LogP contribution in [0.5, 0.6) is 0 Å². The predicted octanol–water partition coefficient (Wildman–Crippen LogP) is 5.69. The molecule has 0 radical (unpaired) electrons. The van der Waals surface area contributed by atoms with Gasteiger partial charge in [-0.2, -0.15) is 13.2 Å². The van der Waals surface area contributed by atoms with Gasteiger partial charge in [-0.25, -0.2) is 4.79 Å². The van der Waals surface area contributed by atoms with Crippen molar-refractivity contribution in [1.82, 2.24) is 5.32 Å². The summed E-state index contributed by atoms with van der Waals surface area (Å²) in [5.74, 6) is -0.653. The first-order valence-corrected chi connectivity index (χ1v) is 10.3. The molecule has 33 heavy (non-hydrogen) atoms. The summed E-state index contributed by atoms with van der Waals surface area (Å²) in [6.45, 7) is -0.996. The molecular formula is C24H18ClF3N2O3. The molecule has 1 aliphatic rings. The van der Waals surface area contributed by atoms with Gasteiger partial charge in [0.1, 0.15) is 0 Å². The Kier molecular flexibility index (Phi) is 6.03. The van der Waals surface area contributed by atoms with Gasteiger partial charge in [-0.05, 0) is 34.9 Å². The third kappa shape index (κ3) is 4.52. The molecule has 0 saturated carbocycles. The number of carbonyl (C=O) groups is 2. The molecule has 0 bridgehead atoms. The summed E-state index contributed by atoms with van der Waals surface area (Å²) < 4.78 is 47.5. The number of anilines is 1. The number of benzene rings is 3. The van der Waals surface area contributed by atoms with E-state index in [2.05, 4.69) is 10.6 Å². The van der Waals surface area contributed by atoms with Crippen LogP contribution in [0.3, 0.4) is 0 Å². The van der Waals surface area contributed by atoms with Crippen molar-refractivity contribution < 1.29 is 27.5 Å². The lowest BCUT2D eigenvalue weighted by Crippen LogP contribution is -2.56. The number of hydrogen-bond acceptors (Lipinski definition) is 3. The number of fused-ring (bicyclic) bond motifs is 1. The highest BCUT2D eigenvalue weighted by atomic mass is 35.5. The van der Waals surface area contributed by atoms with Gasteiger partial charge in [-0.1, -0.05) is 66.2 Å². The van der Waals surface area contributed by atoms with Gasteiger partial charge in [0.05, 0.1) is 18.7 Å². The van der Waals surface area contributed by atoms with E-state index in [0.717, 1.165) is 17.2 Å². The highest BCUT2D eigenvalue weighted by Gasteiger charge is 2.62. The number of halogens is 4. The number of ether oxygens (including phenoxy) is 1. The van der Waals surface area contributed by atoms with Gasteiger partial charge >= 0.3 is 12.3 Å². The molecule has 4 rings (SSSR count). The minimum Gasteiger partial charge on any atom is -0.426 e. The number of amides is 2. The fourth-order valence-corrected chi connectivity index (χ4v) is 3.95. The van der Waals surface area contributed by atoms with E-state index in [1.807, 2.05) is 42.5 Å². The summed E-state index contributed by atoms with van der Waals surface area (Å²) in [7, 11) is 0. The van der Waals surface area contributed by atoms with E-state index in [-0.39, 0.29) is 22.7 Å². The first-order chi connectivity index (χ1) is 15.7. The van der Waals surface area contributed by atoms with Crippen LogP contribution in [-0.2, 0) is 21.6 Å². The lowest BCUT2D eigenvalue weighted by Gasteiger charge is -2.39. The number of carbonyl (C=O) groups excluding carboxylic acids is 2. The zero-order valence-corrected chi connectivity index (χ0v) is 17.8. The van der Waals surface area contributed by atoms with E-state index in [1.54, 1.807) is 12.1 Å². The van der Waals surface area contributed by atoms with E-state index in [0.29, 0.717) is 5.56 Å². The van der Waals surface area contributed by atoms with Crippen molar-refractivity contribution in [3.63, 3.8) is 0 Å². The summed E-state index contributed by atoms with van der Waals surface area (Å²) in [5, 5.41) is 4.57. The molecule has 1 unspecified atom stereocenters. The van der Waals surface area contributed by atoms with Crippen LogP contribution >= 0.6 is 11.6 Å². The van der Waals surface area contributed by atoms with Crippen LogP contribution in [0.4, 0.5) is 23.7 Å². The Morgan fingerprint density at radius 2 is 1.73 bits per heavy atom. The quantitative estimate of drug-likeness (QED) is 0.499. The Bertz CT molecular complexity index is 1200. The Labute approximate surface area is 192 Å². The smallest absolute Gasteiger partial charge is 0.426 e. The third-order valence-electron chi connectivity index (χ3n) is 5.37. The summed E-state index contributed by atoms with van der Waals surface area (Å²) in [5.41, 5.74) is -1.23. The molecule has 1 atom stereocenters. The van der Waals surface area contributed by atoms with E-state index in [4.69, 9.17) is 16.3 Å². The van der Waals surface area contributed by atoms with Crippen LogP contribution in [0.2, 0.25) is 5.02 Å². The second kappa shape index (κ2) is 8.78. The van der Waals surface area contributed by atoms with Crippen molar-refractivity contribution in [3.8, 4) is 11.1 Å². The second-order valence-corrected chi connectivity index (χ2v) is 7.94. The molecule has 0 saturated heterocycles. The molecule has 0 spiro atoms. The van der Waals surface area contributed by atoms with Crippen LogP contribution in [0.15, 0.2) is 72.8 Å². The van der Waals surface area contributed by atoms with Crippen LogP contribution in [0, 0.1) is 0 Å². The van der Waals surface area contributed by atoms with Crippen LogP contribution in [-0.4, -0.2) is 24.7 Å². The van der Waals surface area contributed by atoms with Gasteiger partial charge < -0.3 is 10.1 Å². The highest BCUT2D eigenvalue weighted by molar-refractivity contribution is 6.30. The molecule has 1 heterocycles. The molecule has 3 aromatic rings. The van der Waals surface area contributed by atoms with E-state index in [1.165, 1.54) is 12.1 Å². The Balaban J connectivity index is 1.60. The van der Waals surface area contributed by atoms with E-state index >= 15 is 0 Å². The third-order valence-corrected chi connectivity index (χ3v) is 5.60. The van der Waals surface area contributed by atoms with Gasteiger partial charge in [0.25, 0.3) is 5.60 Å². The normalized spacial score (nSPS) is 17.5. The SMILES string of the molecule is O=C(Cc1ccccc1-c1ccccc1)NCC1(C(F)(F)F)OC(=O)Nc2ccc(Cl)cc21. The van der Waals surface area contributed by atoms with Crippen molar-refractivity contribution in [2.75, 3.05) is 11.9 Å². The minimum absolute atomic E-state index is 0.0326. The van der Waals surface area contributed by atoms with Crippen LogP contribution in [0.1, 0.15) is 11.1 Å². The summed E-state index contributed by atoms with van der Waals surface area (Å²) >= 11 is 5.91. The van der Waals surface area contributed by atoms with Crippen molar-refractivity contribution in [2.45, 2.75) is 18.2 Å². The van der Waals surface area contributed by atoms with Gasteiger partial charge in [-0.3, -0.25) is 10.1 Å². The topological polar surface area (TPSA) is 67.4 Å². The molecule has 9 heteroatoms. The maximum Gasteiger partial charge on any atom is 0.434 e. The predicted molar refractivity (Wildman–Crippen MR) is 118 cm³/mol. The average molecular weight is 475 g/mol. The Morgan fingerprint density at radius 3 is 2.45 bits per heavy atom. The second-order valence-electron chi connectivity index (χ2n) is 7.51. The molecular weight excluding hydrogens is 457 g/mol. The fraction of sp³-hybridized carbons (Fsp3) is 0.167. The average Bonchev–Trinajstić information content (AvgIpc) is 2.78. The number of nitrogens with one attached hydrogen (secondary N) is 2. The van der Waals surface area contributed by atoms with Gasteiger partial charge in [-0.15, -0.1) is 0 Å². The first-order valence-electron chi connectivity index (χ1n) is 9.96. The van der Waals surface area contributed by atoms with Gasteiger partial charge in [0.2, 0.25) is 5.91 Å². The molecule has 0 aromatic heterocycles. The maximum absolute atomic E-state index is 14.2. The maximum atomic E-state index is 14.2. The van der Waals surface area contributed by atoms with Crippen molar-refractivity contribution >= 4 is 29.3 Å². The molecule has 170 valence electrons. The fourth-order valence-electron chi connectivity index (χ4n) is 3.78. The van der Waals surface area contributed by atoms with Crippen molar-refractivity contribution in [2.24, 2.45) is 0 Å². The molecule has 0 fully saturated rings. The molecule has 0 aliphatic carbocycles. The number of cyclic esters (lactones) is 1. The van der Waals surface area contributed by atoms with E-state index in [9.17, 15) is 22.8 Å². The van der Waals surface area contributed by atoms with Gasteiger partial charge in [0.15, 0.2) is 0 Å². The molecule has 1 aliphatic heterocycles. The molecule has 2 N–H and O–H groups in total. The first kappa shape index (κ1) is 22.7. The number of rotatable bonds is 5. The summed E-state index contributed by atoms with van der Waals surface area (Å²) in [6.07, 6.45) is -6.45. The summed E-state index contributed by atoms with van der Waals surface area (Å²) in [4.78, 5) is 24.6. The standard InChI is InChI=1S/C24H18ClF3N2O3/c25-17-10-11-20-19(13-17)23(24(26,27)28,33-22(32)30-20)14-29-21(31)12-16-8-4-5-9-18(16)15-6-2-1-3-7-15/h1-11,13H,12,14H2,(H,29,31)(H,30,32). The van der Waals surface area contributed by atoms with Crippen LogP contribution < -0.4 is 10.6 Å². The van der Waals surface area contributed by atoms with Crippen LogP contribution in [0.25, 0.3) is 11.1 Å². The molecule has 3 aromatic carbocycles. The van der Waals surface area contributed by atoms with Gasteiger partial charge in [0, 0.05) is 10.6 Å². The van der Waals surface area contributed by atoms with Crippen molar-refractivity contribution in [3.05, 3.63) is 88.9 Å². The van der Waals surface area contributed by atoms with E-state index < -0.39 is 30.3 Å². The lowest BCUT2D eigenvalue weighted by molar-refractivity contribution is -0.262. The number of alkyl halides is 3. The Hall–Kier alpha value is -3.52. The molecule has 2 amide bonds. The molecule has 5 nitrogen and oxygen atoms in total. The monoisotopic (exact) mass is 474 g/mol. The lowest BCUT2D eigenvalue weighted by atomic mass is 9.89.